The van der Waals surface area contributed by atoms with Crippen LogP contribution in [0.1, 0.15) is 16.9 Å². The highest BCUT2D eigenvalue weighted by Crippen LogP contribution is 2.12. The molecule has 0 fully saturated rings. The molecule has 0 radical (unpaired) electrons. The number of hydrogen-bond donors (Lipinski definition) is 2. The zero-order chi connectivity index (χ0) is 16.7. The third-order valence-electron chi connectivity index (χ3n) is 3.22. The molecule has 24 heavy (non-hydrogen) atoms. The standard InChI is InChI=1S/C16H21N3O3S.HI/c1-17-16(19-11-15-8-5-9-22-15)18-10-13-6-3-4-7-14(13)12-23(2,20)21;/h3-9H,10-12H2,1-2H3,(H2,17,18,19);1H. The third kappa shape index (κ3) is 6.91. The van der Waals surface area contributed by atoms with E-state index in [4.69, 9.17) is 4.42 Å². The minimum Gasteiger partial charge on any atom is -0.467 e. The van der Waals surface area contributed by atoms with Crippen LogP contribution in [0.2, 0.25) is 0 Å². The number of nitrogens with one attached hydrogen (secondary N) is 2. The van der Waals surface area contributed by atoms with Gasteiger partial charge in [-0.05, 0) is 23.3 Å². The van der Waals surface area contributed by atoms with E-state index in [9.17, 15) is 8.42 Å². The molecule has 8 heteroatoms. The molecule has 0 aliphatic carbocycles. The maximum Gasteiger partial charge on any atom is 0.191 e. The number of benzene rings is 1. The average Bonchev–Trinajstić information content (AvgIpc) is 3.01. The zero-order valence-corrected chi connectivity index (χ0v) is 16.8. The van der Waals surface area contributed by atoms with Gasteiger partial charge in [0.2, 0.25) is 0 Å². The van der Waals surface area contributed by atoms with E-state index < -0.39 is 9.84 Å². The van der Waals surface area contributed by atoms with Gasteiger partial charge in [-0.25, -0.2) is 8.42 Å². The molecule has 0 atom stereocenters. The van der Waals surface area contributed by atoms with E-state index in [0.717, 1.165) is 16.9 Å². The van der Waals surface area contributed by atoms with Crippen molar-refractivity contribution in [2.75, 3.05) is 13.3 Å². The number of hydrogen-bond acceptors (Lipinski definition) is 4. The van der Waals surface area contributed by atoms with Crippen LogP contribution < -0.4 is 10.6 Å². The Labute approximate surface area is 159 Å². The molecule has 2 rings (SSSR count). The predicted octanol–water partition coefficient (Wildman–Crippen LogP) is 2.31. The minimum absolute atomic E-state index is 0. The Bertz CT molecular complexity index is 759. The van der Waals surface area contributed by atoms with Crippen LogP contribution in [0.4, 0.5) is 0 Å². The van der Waals surface area contributed by atoms with Crippen molar-refractivity contribution in [3.8, 4) is 0 Å². The van der Waals surface area contributed by atoms with Gasteiger partial charge in [0, 0.05) is 19.8 Å². The van der Waals surface area contributed by atoms with Crippen LogP contribution >= 0.6 is 24.0 Å². The zero-order valence-electron chi connectivity index (χ0n) is 13.7. The summed E-state index contributed by atoms with van der Waals surface area (Å²) in [5.41, 5.74) is 1.72. The molecule has 132 valence electrons. The first kappa shape index (κ1) is 20.5. The van der Waals surface area contributed by atoms with Crippen molar-refractivity contribution in [2.24, 2.45) is 4.99 Å². The second kappa shape index (κ2) is 9.67. The summed E-state index contributed by atoms with van der Waals surface area (Å²) in [7, 11) is -1.39. The van der Waals surface area contributed by atoms with Crippen molar-refractivity contribution < 1.29 is 12.8 Å². The number of guanidine groups is 1. The second-order valence-electron chi connectivity index (χ2n) is 5.20. The fourth-order valence-electron chi connectivity index (χ4n) is 2.14. The van der Waals surface area contributed by atoms with E-state index in [-0.39, 0.29) is 29.7 Å². The van der Waals surface area contributed by atoms with Crippen molar-refractivity contribution in [1.82, 2.24) is 10.6 Å². The fourth-order valence-corrected chi connectivity index (χ4v) is 2.98. The first-order valence-corrected chi connectivity index (χ1v) is 9.25. The lowest BCUT2D eigenvalue weighted by Crippen LogP contribution is -2.36. The highest BCUT2D eigenvalue weighted by Gasteiger charge is 2.09. The first-order valence-electron chi connectivity index (χ1n) is 7.19. The Morgan fingerprint density at radius 2 is 1.75 bits per heavy atom. The maximum atomic E-state index is 11.5. The van der Waals surface area contributed by atoms with E-state index in [1.165, 1.54) is 6.26 Å². The Morgan fingerprint density at radius 1 is 1.08 bits per heavy atom. The Hall–Kier alpha value is -1.55. The normalized spacial score (nSPS) is 11.7. The van der Waals surface area contributed by atoms with Gasteiger partial charge in [-0.2, -0.15) is 0 Å². The first-order chi connectivity index (χ1) is 11.0. The lowest BCUT2D eigenvalue weighted by Gasteiger charge is -2.13. The van der Waals surface area contributed by atoms with Crippen LogP contribution in [0, 0.1) is 0 Å². The van der Waals surface area contributed by atoms with Gasteiger partial charge >= 0.3 is 0 Å². The summed E-state index contributed by atoms with van der Waals surface area (Å²) >= 11 is 0. The van der Waals surface area contributed by atoms with Gasteiger partial charge in [-0.3, -0.25) is 4.99 Å². The number of rotatable bonds is 6. The molecule has 0 bridgehead atoms. The van der Waals surface area contributed by atoms with Crippen molar-refractivity contribution in [3.63, 3.8) is 0 Å². The molecule has 2 aromatic rings. The molecule has 0 aliphatic heterocycles. The molecule has 1 heterocycles. The molecule has 0 saturated heterocycles. The summed E-state index contributed by atoms with van der Waals surface area (Å²) in [6, 6.07) is 11.2. The highest BCUT2D eigenvalue weighted by molar-refractivity contribution is 14.0. The van der Waals surface area contributed by atoms with E-state index in [2.05, 4.69) is 15.6 Å². The van der Waals surface area contributed by atoms with Gasteiger partial charge < -0.3 is 15.1 Å². The average molecular weight is 463 g/mol. The SMILES string of the molecule is CN=C(NCc1ccco1)NCc1ccccc1CS(C)(=O)=O.I. The van der Waals surface area contributed by atoms with Crippen LogP contribution in [-0.4, -0.2) is 27.7 Å². The second-order valence-corrected chi connectivity index (χ2v) is 7.34. The number of sulfone groups is 1. The molecule has 0 spiro atoms. The lowest BCUT2D eigenvalue weighted by atomic mass is 10.1. The van der Waals surface area contributed by atoms with Crippen molar-refractivity contribution in [3.05, 3.63) is 59.5 Å². The van der Waals surface area contributed by atoms with Crippen LogP contribution in [0.25, 0.3) is 0 Å². The van der Waals surface area contributed by atoms with E-state index >= 15 is 0 Å². The lowest BCUT2D eigenvalue weighted by molar-refractivity contribution is 0.501. The van der Waals surface area contributed by atoms with E-state index in [1.807, 2.05) is 36.4 Å². The van der Waals surface area contributed by atoms with Crippen molar-refractivity contribution in [2.45, 2.75) is 18.8 Å². The quantitative estimate of drug-likeness (QED) is 0.390. The minimum atomic E-state index is -3.07. The van der Waals surface area contributed by atoms with Gasteiger partial charge in [-0.15, -0.1) is 24.0 Å². The van der Waals surface area contributed by atoms with Crippen LogP contribution in [0.15, 0.2) is 52.1 Å². The molecule has 0 unspecified atom stereocenters. The molecule has 0 aliphatic rings. The molecule has 1 aromatic heterocycles. The highest BCUT2D eigenvalue weighted by atomic mass is 127. The summed E-state index contributed by atoms with van der Waals surface area (Å²) in [6.07, 6.45) is 2.86. The van der Waals surface area contributed by atoms with Crippen LogP contribution in [0.3, 0.4) is 0 Å². The van der Waals surface area contributed by atoms with Gasteiger partial charge in [0.05, 0.1) is 18.6 Å². The summed E-state index contributed by atoms with van der Waals surface area (Å²) in [5, 5.41) is 6.31. The number of halogens is 1. The molecule has 6 nitrogen and oxygen atoms in total. The van der Waals surface area contributed by atoms with Gasteiger partial charge in [0.15, 0.2) is 15.8 Å². The van der Waals surface area contributed by atoms with Gasteiger partial charge in [-0.1, -0.05) is 24.3 Å². The van der Waals surface area contributed by atoms with Crippen molar-refractivity contribution >= 4 is 39.8 Å². The van der Waals surface area contributed by atoms with Crippen molar-refractivity contribution in [1.29, 1.82) is 0 Å². The Balaban J connectivity index is 0.00000288. The number of furan rings is 1. The Kier molecular flexibility index (Phi) is 8.26. The fraction of sp³-hybridized carbons (Fsp3) is 0.312. The summed E-state index contributed by atoms with van der Waals surface area (Å²) in [4.78, 5) is 4.14. The topological polar surface area (TPSA) is 83.7 Å². The van der Waals surface area contributed by atoms with Crippen LogP contribution in [-0.2, 0) is 28.7 Å². The maximum absolute atomic E-state index is 11.5. The Morgan fingerprint density at radius 3 is 2.33 bits per heavy atom. The number of aliphatic imine (C=N–C) groups is 1. The summed E-state index contributed by atoms with van der Waals surface area (Å²) in [6.45, 7) is 1.02. The molecule has 2 N–H and O–H groups in total. The third-order valence-corrected chi connectivity index (χ3v) is 4.05. The van der Waals surface area contributed by atoms with Crippen LogP contribution in [0.5, 0.6) is 0 Å². The predicted molar refractivity (Wildman–Crippen MR) is 106 cm³/mol. The molecule has 0 saturated carbocycles. The van der Waals surface area contributed by atoms with Gasteiger partial charge in [0.1, 0.15) is 5.76 Å². The molecule has 1 aromatic carbocycles. The monoisotopic (exact) mass is 463 g/mol. The number of nitrogens with zero attached hydrogens (tertiary/aromatic N) is 1. The summed E-state index contributed by atoms with van der Waals surface area (Å²) < 4.78 is 28.3. The smallest absolute Gasteiger partial charge is 0.191 e. The molecular formula is C16H22IN3O3S. The molecule has 0 amide bonds. The van der Waals surface area contributed by atoms with E-state index in [1.54, 1.807) is 13.3 Å². The largest absolute Gasteiger partial charge is 0.467 e. The van der Waals surface area contributed by atoms with Gasteiger partial charge in [0.25, 0.3) is 0 Å². The molecular weight excluding hydrogens is 441 g/mol. The summed E-state index contributed by atoms with van der Waals surface area (Å²) in [5.74, 6) is 1.46. The van der Waals surface area contributed by atoms with E-state index in [0.29, 0.717) is 19.0 Å².